The van der Waals surface area contributed by atoms with Gasteiger partial charge < -0.3 is 18.2 Å². The van der Waals surface area contributed by atoms with Crippen molar-refractivity contribution in [1.82, 2.24) is 9.55 Å². The van der Waals surface area contributed by atoms with Crippen LogP contribution in [0.25, 0.3) is 6.08 Å². The second-order valence-corrected chi connectivity index (χ2v) is 25.1. The molecule has 0 aliphatic rings. The number of esters is 1. The van der Waals surface area contributed by atoms with Crippen LogP contribution in [0.5, 0.6) is 0 Å². The highest BCUT2D eigenvalue weighted by Gasteiger charge is 2.42. The summed E-state index contributed by atoms with van der Waals surface area (Å²) in [5.74, 6) is -0.443. The number of benzene rings is 3. The lowest BCUT2D eigenvalue weighted by atomic mass is 9.77. The zero-order valence-electron chi connectivity index (χ0n) is 30.5. The van der Waals surface area contributed by atoms with Gasteiger partial charge in [-0.05, 0) is 59.0 Å². The molecule has 0 bridgehead atoms. The molecule has 1 atom stereocenters. The molecule has 0 fully saturated rings. The summed E-state index contributed by atoms with van der Waals surface area (Å²) in [5, 5.41) is 0.0793. The third-order valence-corrected chi connectivity index (χ3v) is 19.1. The predicted molar refractivity (Wildman–Crippen MR) is 202 cm³/mol. The van der Waals surface area contributed by atoms with Gasteiger partial charge in [0, 0.05) is 12.3 Å². The van der Waals surface area contributed by atoms with Gasteiger partial charge in [-0.25, -0.2) is 9.78 Å². The Labute approximate surface area is 290 Å². The molecule has 0 saturated carbocycles. The van der Waals surface area contributed by atoms with Crippen LogP contribution in [-0.2, 0) is 23.9 Å². The predicted octanol–water partition coefficient (Wildman–Crippen LogP) is 9.69. The Morgan fingerprint density at radius 2 is 1.19 bits per heavy atom. The summed E-state index contributed by atoms with van der Waals surface area (Å²) in [5.41, 5.74) is 3.27. The van der Waals surface area contributed by atoms with Crippen LogP contribution in [0, 0.1) is 0 Å². The monoisotopic (exact) mass is 682 g/mol. The SMILES string of the molecule is CC(C)(C)[Si](C)(C)OCC(COC(=O)/C=C/c1cn(C(c2ccccc2)(c2ccccc2)c2ccccc2)cn1)O[Si](C)(C)C(C)(C)C. The number of ether oxygens (including phenoxy) is 1. The quantitative estimate of drug-likeness (QED) is 0.0608. The highest BCUT2D eigenvalue weighted by atomic mass is 28.4. The van der Waals surface area contributed by atoms with Crippen LogP contribution in [0.3, 0.4) is 0 Å². The summed E-state index contributed by atoms with van der Waals surface area (Å²) in [6, 6.07) is 31.3. The van der Waals surface area contributed by atoms with Gasteiger partial charge in [0.1, 0.15) is 18.2 Å². The van der Waals surface area contributed by atoms with Crippen LogP contribution < -0.4 is 0 Å². The summed E-state index contributed by atoms with van der Waals surface area (Å²) in [6.07, 6.45) is 6.62. The second kappa shape index (κ2) is 14.9. The minimum Gasteiger partial charge on any atom is -0.460 e. The first-order chi connectivity index (χ1) is 22.5. The largest absolute Gasteiger partial charge is 0.460 e. The summed E-state index contributed by atoms with van der Waals surface area (Å²) in [7, 11) is -4.16. The van der Waals surface area contributed by atoms with E-state index < -0.39 is 28.1 Å². The Morgan fingerprint density at radius 3 is 1.62 bits per heavy atom. The molecule has 4 aromatic rings. The second-order valence-electron chi connectivity index (χ2n) is 15.5. The van der Waals surface area contributed by atoms with Crippen molar-refractivity contribution in [2.24, 2.45) is 0 Å². The first kappa shape index (κ1) is 37.3. The molecule has 0 spiro atoms. The van der Waals surface area contributed by atoms with Crippen molar-refractivity contribution in [3.63, 3.8) is 0 Å². The molecule has 8 heteroatoms. The molecule has 0 amide bonds. The minimum absolute atomic E-state index is 0.0133. The van der Waals surface area contributed by atoms with Gasteiger partial charge in [-0.15, -0.1) is 0 Å². The standard InChI is InChI=1S/C40H54N2O4Si2/c1-38(2,3)47(7,8)45-30-36(46-48(9,10)39(4,5)6)29-44-37(43)27-26-35-28-42(31-41-35)40(32-20-14-11-15-21-32,33-22-16-12-17-23-33)34-24-18-13-19-25-34/h11-28,31,36H,29-30H2,1-10H3/b27-26+. The first-order valence-corrected chi connectivity index (χ1v) is 22.7. The van der Waals surface area contributed by atoms with Crippen molar-refractivity contribution in [1.29, 1.82) is 0 Å². The van der Waals surface area contributed by atoms with Crippen LogP contribution in [0.4, 0.5) is 0 Å². The Bertz CT molecular complexity index is 1540. The van der Waals surface area contributed by atoms with Crippen molar-refractivity contribution < 1.29 is 18.4 Å². The summed E-state index contributed by atoms with van der Waals surface area (Å²) in [6.45, 7) is 22.7. The first-order valence-electron chi connectivity index (χ1n) is 16.8. The molecule has 48 heavy (non-hydrogen) atoms. The van der Waals surface area contributed by atoms with Gasteiger partial charge in [0.15, 0.2) is 16.6 Å². The number of carbonyl (C=O) groups excluding carboxylic acids is 1. The average molecular weight is 683 g/mol. The summed E-state index contributed by atoms with van der Waals surface area (Å²) in [4.78, 5) is 17.8. The van der Waals surface area contributed by atoms with Gasteiger partial charge in [0.25, 0.3) is 0 Å². The lowest BCUT2D eigenvalue weighted by molar-refractivity contribution is -0.140. The molecule has 0 aliphatic carbocycles. The number of rotatable bonds is 13. The molecule has 0 N–H and O–H groups in total. The van der Waals surface area contributed by atoms with Crippen molar-refractivity contribution in [2.45, 2.75) is 89.4 Å². The van der Waals surface area contributed by atoms with Crippen molar-refractivity contribution in [3.05, 3.63) is 132 Å². The van der Waals surface area contributed by atoms with E-state index in [0.717, 1.165) is 16.7 Å². The highest BCUT2D eigenvalue weighted by molar-refractivity contribution is 6.74. The molecule has 256 valence electrons. The minimum atomic E-state index is -2.14. The van der Waals surface area contributed by atoms with E-state index in [2.05, 4.69) is 145 Å². The maximum atomic E-state index is 13.1. The van der Waals surface area contributed by atoms with Gasteiger partial charge >= 0.3 is 5.97 Å². The Balaban J connectivity index is 1.58. The van der Waals surface area contributed by atoms with Crippen LogP contribution >= 0.6 is 0 Å². The number of imidazole rings is 1. The van der Waals surface area contributed by atoms with E-state index in [9.17, 15) is 4.79 Å². The maximum absolute atomic E-state index is 13.1. The zero-order chi connectivity index (χ0) is 35.2. The van der Waals surface area contributed by atoms with Crippen molar-refractivity contribution in [2.75, 3.05) is 13.2 Å². The topological polar surface area (TPSA) is 62.6 Å². The third kappa shape index (κ3) is 8.53. The lowest BCUT2D eigenvalue weighted by Gasteiger charge is -2.41. The van der Waals surface area contributed by atoms with Crippen molar-refractivity contribution in [3.8, 4) is 0 Å². The molecule has 4 rings (SSSR count). The number of hydrogen-bond donors (Lipinski definition) is 0. The molecule has 0 aliphatic heterocycles. The van der Waals surface area contributed by atoms with E-state index >= 15 is 0 Å². The highest BCUT2D eigenvalue weighted by Crippen LogP contribution is 2.41. The van der Waals surface area contributed by atoms with Gasteiger partial charge in [-0.3, -0.25) is 0 Å². The summed E-state index contributed by atoms with van der Waals surface area (Å²) < 4.78 is 21.2. The van der Waals surface area contributed by atoms with Crippen molar-refractivity contribution >= 4 is 28.7 Å². The molecular formula is C40H54N2O4Si2. The number of hydrogen-bond acceptors (Lipinski definition) is 5. The van der Waals surface area contributed by atoms with E-state index in [1.165, 1.54) is 6.08 Å². The number of aromatic nitrogens is 2. The van der Waals surface area contributed by atoms with Gasteiger partial charge in [0.05, 0.1) is 18.6 Å². The molecule has 1 heterocycles. The van der Waals surface area contributed by atoms with Gasteiger partial charge in [0.2, 0.25) is 0 Å². The van der Waals surface area contributed by atoms with E-state index in [1.54, 1.807) is 6.08 Å². The molecule has 0 radical (unpaired) electrons. The normalized spacial score (nSPS) is 13.9. The van der Waals surface area contributed by atoms with E-state index in [4.69, 9.17) is 18.6 Å². The van der Waals surface area contributed by atoms with Crippen LogP contribution in [0.1, 0.15) is 63.9 Å². The number of nitrogens with zero attached hydrogens (tertiary/aromatic N) is 2. The molecular weight excluding hydrogens is 629 g/mol. The molecule has 0 saturated heterocycles. The molecule has 3 aromatic carbocycles. The zero-order valence-corrected chi connectivity index (χ0v) is 32.5. The molecule has 1 unspecified atom stereocenters. The van der Waals surface area contributed by atoms with Gasteiger partial charge in [-0.1, -0.05) is 133 Å². The Morgan fingerprint density at radius 1 is 0.729 bits per heavy atom. The third-order valence-electron chi connectivity index (χ3n) is 10.1. The molecule has 6 nitrogen and oxygen atoms in total. The Hall–Kier alpha value is -3.57. The average Bonchev–Trinajstić information content (AvgIpc) is 3.51. The van der Waals surface area contributed by atoms with E-state index in [0.29, 0.717) is 12.3 Å². The van der Waals surface area contributed by atoms with E-state index in [-0.39, 0.29) is 22.8 Å². The Kier molecular flexibility index (Phi) is 11.6. The fourth-order valence-electron chi connectivity index (χ4n) is 5.20. The van der Waals surface area contributed by atoms with Crippen LogP contribution in [0.15, 0.2) is 110 Å². The summed E-state index contributed by atoms with van der Waals surface area (Å²) >= 11 is 0. The van der Waals surface area contributed by atoms with Gasteiger partial charge in [-0.2, -0.15) is 0 Å². The fourth-order valence-corrected chi connectivity index (χ4v) is 7.56. The molecule has 1 aromatic heterocycles. The van der Waals surface area contributed by atoms with Crippen LogP contribution in [0.2, 0.25) is 36.3 Å². The fraction of sp³-hybridized carbons (Fsp3) is 0.400. The lowest BCUT2D eigenvalue weighted by Crippen LogP contribution is -2.49. The van der Waals surface area contributed by atoms with Crippen LogP contribution in [-0.4, -0.2) is 51.5 Å². The maximum Gasteiger partial charge on any atom is 0.330 e. The van der Waals surface area contributed by atoms with E-state index in [1.807, 2.05) is 30.7 Å². The number of carbonyl (C=O) groups is 1. The smallest absolute Gasteiger partial charge is 0.330 e.